The predicted octanol–water partition coefficient (Wildman–Crippen LogP) is 4.16. The van der Waals surface area contributed by atoms with Gasteiger partial charge >= 0.3 is 0 Å². The van der Waals surface area contributed by atoms with Crippen molar-refractivity contribution < 1.29 is 17.9 Å². The maximum absolute atomic E-state index is 13.1. The van der Waals surface area contributed by atoms with Crippen LogP contribution in [0.1, 0.15) is 44.7 Å². The minimum atomic E-state index is -3.67. The molecule has 1 fully saturated rings. The number of fused-ring (bicyclic) bond motifs is 1. The fraction of sp³-hybridized carbons (Fsp3) is 0.435. The zero-order valence-corrected chi connectivity index (χ0v) is 19.2. The van der Waals surface area contributed by atoms with Crippen molar-refractivity contribution in [3.63, 3.8) is 0 Å². The van der Waals surface area contributed by atoms with Crippen LogP contribution in [0.25, 0.3) is 0 Å². The Morgan fingerprint density at radius 1 is 1.16 bits per heavy atom. The van der Waals surface area contributed by atoms with Crippen molar-refractivity contribution in [3.8, 4) is 5.75 Å². The Hall–Kier alpha value is -2.09. The molecule has 2 aromatic carbocycles. The first-order valence-corrected chi connectivity index (χ1v) is 12.3. The summed E-state index contributed by atoms with van der Waals surface area (Å²) in [5.74, 6) is 0.266. The first-order chi connectivity index (χ1) is 14.7. The number of amides is 1. The van der Waals surface area contributed by atoms with Crippen LogP contribution >= 0.6 is 11.6 Å². The summed E-state index contributed by atoms with van der Waals surface area (Å²) in [6.07, 6.45) is 1.95. The van der Waals surface area contributed by atoms with Crippen LogP contribution < -0.4 is 10.1 Å². The lowest BCUT2D eigenvalue weighted by molar-refractivity contribution is -0.127. The summed E-state index contributed by atoms with van der Waals surface area (Å²) in [7, 11) is -3.67. The monoisotopic (exact) mass is 462 g/mol. The molecule has 4 rings (SSSR count). The Labute approximate surface area is 188 Å². The molecule has 0 saturated carbocycles. The number of carbonyl (C=O) groups is 1. The molecule has 6 nitrogen and oxygen atoms in total. The third-order valence-electron chi connectivity index (χ3n) is 5.90. The molecular formula is C23H27ClN2O4S. The van der Waals surface area contributed by atoms with E-state index in [1.54, 1.807) is 12.1 Å². The van der Waals surface area contributed by atoms with Gasteiger partial charge in [0.25, 0.3) is 0 Å². The Morgan fingerprint density at radius 2 is 1.87 bits per heavy atom. The highest BCUT2D eigenvalue weighted by Gasteiger charge is 2.37. The van der Waals surface area contributed by atoms with E-state index in [2.05, 4.69) is 5.32 Å². The minimum Gasteiger partial charge on any atom is -0.487 e. The average molecular weight is 463 g/mol. The van der Waals surface area contributed by atoms with Gasteiger partial charge in [-0.25, -0.2) is 8.42 Å². The molecule has 8 heteroatoms. The minimum absolute atomic E-state index is 0.117. The van der Waals surface area contributed by atoms with E-state index in [0.717, 1.165) is 11.3 Å². The first-order valence-electron chi connectivity index (χ1n) is 10.5. The second kappa shape index (κ2) is 8.45. The summed E-state index contributed by atoms with van der Waals surface area (Å²) in [6, 6.07) is 13.7. The van der Waals surface area contributed by atoms with E-state index in [0.29, 0.717) is 30.8 Å². The Bertz CT molecular complexity index is 1070. The molecule has 31 heavy (non-hydrogen) atoms. The Kier molecular flexibility index (Phi) is 6.03. The summed E-state index contributed by atoms with van der Waals surface area (Å²) in [6.45, 7) is 4.58. The fourth-order valence-electron chi connectivity index (χ4n) is 4.35. The van der Waals surface area contributed by atoms with Gasteiger partial charge < -0.3 is 10.1 Å². The van der Waals surface area contributed by atoms with Crippen LogP contribution in [0.4, 0.5) is 0 Å². The highest BCUT2D eigenvalue weighted by molar-refractivity contribution is 7.89. The van der Waals surface area contributed by atoms with Gasteiger partial charge in [0.2, 0.25) is 15.9 Å². The van der Waals surface area contributed by atoms with E-state index in [-0.39, 0.29) is 23.4 Å². The number of hydrogen-bond acceptors (Lipinski definition) is 4. The van der Waals surface area contributed by atoms with Gasteiger partial charge in [0.15, 0.2) is 0 Å². The largest absolute Gasteiger partial charge is 0.487 e. The van der Waals surface area contributed by atoms with Crippen molar-refractivity contribution in [2.45, 2.75) is 49.6 Å². The van der Waals surface area contributed by atoms with E-state index in [9.17, 15) is 13.2 Å². The molecule has 0 unspecified atom stereocenters. The molecule has 1 saturated heterocycles. The fourth-order valence-corrected chi connectivity index (χ4v) is 6.00. The van der Waals surface area contributed by atoms with Crippen molar-refractivity contribution in [2.75, 3.05) is 13.1 Å². The molecule has 2 heterocycles. The molecule has 166 valence electrons. The van der Waals surface area contributed by atoms with Crippen molar-refractivity contribution in [1.29, 1.82) is 0 Å². The van der Waals surface area contributed by atoms with Crippen molar-refractivity contribution in [1.82, 2.24) is 9.62 Å². The normalized spacial score (nSPS) is 23.5. The zero-order chi connectivity index (χ0) is 22.2. The van der Waals surface area contributed by atoms with E-state index in [4.69, 9.17) is 16.3 Å². The van der Waals surface area contributed by atoms with Gasteiger partial charge in [-0.05, 0) is 57.0 Å². The van der Waals surface area contributed by atoms with Gasteiger partial charge in [-0.1, -0.05) is 29.8 Å². The molecule has 2 aliphatic rings. The molecule has 2 aromatic rings. The molecular weight excluding hydrogens is 436 g/mol. The van der Waals surface area contributed by atoms with Crippen LogP contribution in [0.2, 0.25) is 5.02 Å². The Morgan fingerprint density at radius 3 is 2.61 bits per heavy atom. The number of benzene rings is 2. The number of nitrogens with zero attached hydrogens (tertiary/aromatic N) is 1. The molecule has 2 aliphatic heterocycles. The van der Waals surface area contributed by atoms with Crippen LogP contribution in [0, 0.1) is 5.92 Å². The highest BCUT2D eigenvalue weighted by Crippen LogP contribution is 2.39. The van der Waals surface area contributed by atoms with Gasteiger partial charge in [-0.3, -0.25) is 4.79 Å². The van der Waals surface area contributed by atoms with Crippen molar-refractivity contribution >= 4 is 27.5 Å². The number of halogens is 1. The van der Waals surface area contributed by atoms with Crippen LogP contribution in [0.15, 0.2) is 53.4 Å². The number of carbonyl (C=O) groups excluding carboxylic acids is 1. The average Bonchev–Trinajstić information content (AvgIpc) is 2.73. The van der Waals surface area contributed by atoms with E-state index < -0.39 is 21.5 Å². The van der Waals surface area contributed by atoms with Gasteiger partial charge in [0, 0.05) is 30.1 Å². The Balaban J connectivity index is 1.49. The highest BCUT2D eigenvalue weighted by atomic mass is 35.5. The number of sulfonamides is 1. The lowest BCUT2D eigenvalue weighted by atomic mass is 9.89. The van der Waals surface area contributed by atoms with Gasteiger partial charge in [0.1, 0.15) is 11.4 Å². The molecule has 1 amide bonds. The maximum atomic E-state index is 13.1. The van der Waals surface area contributed by atoms with Gasteiger partial charge in [-0.2, -0.15) is 4.31 Å². The predicted molar refractivity (Wildman–Crippen MR) is 120 cm³/mol. The van der Waals surface area contributed by atoms with E-state index >= 15 is 0 Å². The number of hydrogen-bond donors (Lipinski definition) is 1. The summed E-state index contributed by atoms with van der Waals surface area (Å²) < 4.78 is 33.5. The zero-order valence-electron chi connectivity index (χ0n) is 17.7. The first kappa shape index (κ1) is 22.1. The molecule has 0 bridgehead atoms. The standard InChI is InChI=1S/C23H27ClN2O4S/c1-23(2)14-20(19-7-3-4-8-21(19)30-23)25-22(27)16-6-5-13-26(15-16)31(28,29)18-11-9-17(24)10-12-18/h3-4,7-12,16,20H,5-6,13-15H2,1-2H3,(H,25,27)/t16-,20+/m0/s1. The summed E-state index contributed by atoms with van der Waals surface area (Å²) in [5, 5.41) is 3.64. The molecule has 1 N–H and O–H groups in total. The van der Waals surface area contributed by atoms with Crippen LogP contribution in [-0.4, -0.2) is 37.3 Å². The van der Waals surface area contributed by atoms with Gasteiger partial charge in [0.05, 0.1) is 16.9 Å². The number of para-hydroxylation sites is 1. The number of nitrogens with one attached hydrogen (secondary N) is 1. The van der Waals surface area contributed by atoms with Crippen molar-refractivity contribution in [2.24, 2.45) is 5.92 Å². The quantitative estimate of drug-likeness (QED) is 0.740. The number of ether oxygens (including phenoxy) is 1. The van der Waals surface area contributed by atoms with E-state index in [1.807, 2.05) is 38.1 Å². The molecule has 0 aliphatic carbocycles. The molecule has 0 spiro atoms. The smallest absolute Gasteiger partial charge is 0.243 e. The SMILES string of the molecule is CC1(C)C[C@@H](NC(=O)[C@H]2CCCN(S(=O)(=O)c3ccc(Cl)cc3)C2)c2ccccc2O1. The van der Waals surface area contributed by atoms with Crippen LogP contribution in [0.3, 0.4) is 0 Å². The summed E-state index contributed by atoms with van der Waals surface area (Å²) in [5.41, 5.74) is 0.555. The number of piperidine rings is 1. The molecule has 2 atom stereocenters. The van der Waals surface area contributed by atoms with E-state index in [1.165, 1.54) is 16.4 Å². The summed E-state index contributed by atoms with van der Waals surface area (Å²) in [4.78, 5) is 13.3. The lowest BCUT2D eigenvalue weighted by Gasteiger charge is -2.39. The lowest BCUT2D eigenvalue weighted by Crippen LogP contribution is -2.47. The maximum Gasteiger partial charge on any atom is 0.243 e. The number of rotatable bonds is 4. The second-order valence-electron chi connectivity index (χ2n) is 8.82. The topological polar surface area (TPSA) is 75.7 Å². The van der Waals surface area contributed by atoms with Gasteiger partial charge in [-0.15, -0.1) is 0 Å². The second-order valence-corrected chi connectivity index (χ2v) is 11.2. The van der Waals surface area contributed by atoms with Crippen LogP contribution in [0.5, 0.6) is 5.75 Å². The van der Waals surface area contributed by atoms with Crippen molar-refractivity contribution in [3.05, 3.63) is 59.1 Å². The third-order valence-corrected chi connectivity index (χ3v) is 8.03. The summed E-state index contributed by atoms with van der Waals surface area (Å²) >= 11 is 5.89. The molecule has 0 radical (unpaired) electrons. The van der Waals surface area contributed by atoms with Crippen LogP contribution in [-0.2, 0) is 14.8 Å². The third kappa shape index (κ3) is 4.73. The molecule has 0 aromatic heterocycles.